The second-order valence-corrected chi connectivity index (χ2v) is 5.41. The van der Waals surface area contributed by atoms with Crippen molar-refractivity contribution < 1.29 is 14.3 Å². The number of nitrogens with one attached hydrogen (secondary N) is 1. The zero-order valence-electron chi connectivity index (χ0n) is 13.9. The molecule has 0 radical (unpaired) electrons. The van der Waals surface area contributed by atoms with Gasteiger partial charge in [0.2, 0.25) is 11.8 Å². The number of methoxy groups -OCH3 is 1. The molecule has 22 heavy (non-hydrogen) atoms. The Kier molecular flexibility index (Phi) is 7.60. The van der Waals surface area contributed by atoms with Gasteiger partial charge >= 0.3 is 0 Å². The van der Waals surface area contributed by atoms with E-state index in [2.05, 4.69) is 5.32 Å². The number of benzene rings is 1. The number of amides is 2. The third-order valence-corrected chi connectivity index (χ3v) is 3.45. The lowest BCUT2D eigenvalue weighted by atomic mass is 10.1. The van der Waals surface area contributed by atoms with Gasteiger partial charge in [-0.25, -0.2) is 0 Å². The minimum atomic E-state index is -0.0547. The maximum atomic E-state index is 11.9. The number of rotatable bonds is 8. The highest BCUT2D eigenvalue weighted by Crippen LogP contribution is 2.22. The SMILES string of the molecule is COCCCNC(=O)CCN(C(C)=O)c1cc(C)ccc1C. The van der Waals surface area contributed by atoms with Gasteiger partial charge in [-0.2, -0.15) is 0 Å². The maximum absolute atomic E-state index is 11.9. The average molecular weight is 306 g/mol. The van der Waals surface area contributed by atoms with Crippen molar-refractivity contribution in [2.45, 2.75) is 33.6 Å². The summed E-state index contributed by atoms with van der Waals surface area (Å²) in [5, 5.41) is 2.83. The molecule has 1 aromatic carbocycles. The fraction of sp³-hybridized carbons (Fsp3) is 0.529. The van der Waals surface area contributed by atoms with Crippen LogP contribution in [0.1, 0.15) is 30.9 Å². The summed E-state index contributed by atoms with van der Waals surface area (Å²) in [4.78, 5) is 25.4. The predicted molar refractivity (Wildman–Crippen MR) is 88.1 cm³/mol. The van der Waals surface area contributed by atoms with Crippen molar-refractivity contribution in [1.29, 1.82) is 0 Å². The van der Waals surface area contributed by atoms with Crippen LogP contribution in [0.2, 0.25) is 0 Å². The minimum absolute atomic E-state index is 0.0485. The van der Waals surface area contributed by atoms with E-state index >= 15 is 0 Å². The van der Waals surface area contributed by atoms with Gasteiger partial charge in [-0.3, -0.25) is 9.59 Å². The fourth-order valence-corrected chi connectivity index (χ4v) is 2.20. The van der Waals surface area contributed by atoms with Crippen molar-refractivity contribution in [2.24, 2.45) is 0 Å². The van der Waals surface area contributed by atoms with Gasteiger partial charge in [-0.1, -0.05) is 12.1 Å². The summed E-state index contributed by atoms with van der Waals surface area (Å²) in [5.74, 6) is -0.103. The Morgan fingerprint density at radius 3 is 2.64 bits per heavy atom. The van der Waals surface area contributed by atoms with Crippen molar-refractivity contribution in [2.75, 3.05) is 31.7 Å². The van der Waals surface area contributed by atoms with Crippen molar-refractivity contribution in [3.63, 3.8) is 0 Å². The first-order valence-electron chi connectivity index (χ1n) is 7.56. The number of hydrogen-bond donors (Lipinski definition) is 1. The molecule has 1 N–H and O–H groups in total. The van der Waals surface area contributed by atoms with Crippen LogP contribution in [0.5, 0.6) is 0 Å². The average Bonchev–Trinajstić information content (AvgIpc) is 2.47. The van der Waals surface area contributed by atoms with Crippen LogP contribution in [0, 0.1) is 13.8 Å². The molecule has 0 spiro atoms. The normalized spacial score (nSPS) is 10.4. The van der Waals surface area contributed by atoms with E-state index in [-0.39, 0.29) is 11.8 Å². The molecule has 0 aliphatic rings. The minimum Gasteiger partial charge on any atom is -0.385 e. The Morgan fingerprint density at radius 1 is 1.27 bits per heavy atom. The predicted octanol–water partition coefficient (Wildman–Crippen LogP) is 2.20. The molecule has 0 unspecified atom stereocenters. The second kappa shape index (κ2) is 9.20. The Balaban J connectivity index is 2.60. The first-order valence-corrected chi connectivity index (χ1v) is 7.56. The van der Waals surface area contributed by atoms with Gasteiger partial charge < -0.3 is 15.0 Å². The summed E-state index contributed by atoms with van der Waals surface area (Å²) in [6, 6.07) is 5.98. The van der Waals surface area contributed by atoms with Gasteiger partial charge in [-0.05, 0) is 37.5 Å². The lowest BCUT2D eigenvalue weighted by Gasteiger charge is -2.23. The molecule has 0 heterocycles. The lowest BCUT2D eigenvalue weighted by Crippen LogP contribution is -2.34. The summed E-state index contributed by atoms with van der Waals surface area (Å²) >= 11 is 0. The highest BCUT2D eigenvalue weighted by Gasteiger charge is 2.15. The molecule has 0 aliphatic carbocycles. The largest absolute Gasteiger partial charge is 0.385 e. The summed E-state index contributed by atoms with van der Waals surface area (Å²) < 4.78 is 4.93. The highest BCUT2D eigenvalue weighted by molar-refractivity contribution is 5.93. The van der Waals surface area contributed by atoms with Crippen molar-refractivity contribution in [3.05, 3.63) is 29.3 Å². The van der Waals surface area contributed by atoms with Crippen LogP contribution < -0.4 is 10.2 Å². The Labute approximate surface area is 132 Å². The first-order chi connectivity index (χ1) is 10.5. The number of nitrogens with zero attached hydrogens (tertiary/aromatic N) is 1. The van der Waals surface area contributed by atoms with Crippen LogP contribution in [0.4, 0.5) is 5.69 Å². The first kappa shape index (κ1) is 18.2. The van der Waals surface area contributed by atoms with E-state index < -0.39 is 0 Å². The van der Waals surface area contributed by atoms with Crippen molar-refractivity contribution in [3.8, 4) is 0 Å². The molecule has 1 aromatic rings. The van der Waals surface area contributed by atoms with E-state index in [0.29, 0.717) is 26.1 Å². The standard InChI is InChI=1S/C17H26N2O3/c1-13-6-7-14(2)16(12-13)19(15(3)20)10-8-17(21)18-9-5-11-22-4/h6-7,12H,5,8-11H2,1-4H3,(H,18,21). The smallest absolute Gasteiger partial charge is 0.223 e. The maximum Gasteiger partial charge on any atom is 0.223 e. The van der Waals surface area contributed by atoms with Gasteiger partial charge in [-0.15, -0.1) is 0 Å². The van der Waals surface area contributed by atoms with Crippen molar-refractivity contribution in [1.82, 2.24) is 5.32 Å². The van der Waals surface area contributed by atoms with Gasteiger partial charge in [0.25, 0.3) is 0 Å². The molecule has 2 amide bonds. The monoisotopic (exact) mass is 306 g/mol. The van der Waals surface area contributed by atoms with Gasteiger partial charge in [0, 0.05) is 45.8 Å². The van der Waals surface area contributed by atoms with E-state index in [4.69, 9.17) is 4.74 Å². The zero-order valence-corrected chi connectivity index (χ0v) is 13.9. The lowest BCUT2D eigenvalue weighted by molar-refractivity contribution is -0.121. The number of aryl methyl sites for hydroxylation is 2. The molecule has 1 rings (SSSR count). The van der Waals surface area contributed by atoms with E-state index in [0.717, 1.165) is 23.2 Å². The van der Waals surface area contributed by atoms with Gasteiger partial charge in [0.15, 0.2) is 0 Å². The summed E-state index contributed by atoms with van der Waals surface area (Å²) in [6.45, 7) is 7.09. The number of ether oxygens (including phenoxy) is 1. The number of carbonyl (C=O) groups excluding carboxylic acids is 2. The summed E-state index contributed by atoms with van der Waals surface area (Å²) in [5.41, 5.74) is 3.00. The van der Waals surface area contributed by atoms with Gasteiger partial charge in [0.1, 0.15) is 0 Å². The molecule has 0 aromatic heterocycles. The zero-order chi connectivity index (χ0) is 16.5. The van der Waals surface area contributed by atoms with Crippen LogP contribution in [-0.2, 0) is 14.3 Å². The van der Waals surface area contributed by atoms with Crippen LogP contribution >= 0.6 is 0 Å². The fourth-order valence-electron chi connectivity index (χ4n) is 2.20. The Bertz CT molecular complexity index is 515. The molecule has 5 heteroatoms. The quantitative estimate of drug-likeness (QED) is 0.749. The van der Waals surface area contributed by atoms with Gasteiger partial charge in [0.05, 0.1) is 0 Å². The third kappa shape index (κ3) is 5.85. The van der Waals surface area contributed by atoms with E-state index in [1.54, 1.807) is 12.0 Å². The molecule has 0 bridgehead atoms. The highest BCUT2D eigenvalue weighted by atomic mass is 16.5. The molecule has 0 saturated heterocycles. The Morgan fingerprint density at radius 2 is 2.00 bits per heavy atom. The van der Waals surface area contributed by atoms with E-state index in [1.165, 1.54) is 6.92 Å². The number of carbonyl (C=O) groups is 2. The van der Waals surface area contributed by atoms with Crippen LogP contribution in [0.15, 0.2) is 18.2 Å². The molecule has 0 aliphatic heterocycles. The molecule has 122 valence electrons. The van der Waals surface area contributed by atoms with E-state index in [1.807, 2.05) is 32.0 Å². The molecular formula is C17H26N2O3. The van der Waals surface area contributed by atoms with Crippen molar-refractivity contribution >= 4 is 17.5 Å². The topological polar surface area (TPSA) is 58.6 Å². The second-order valence-electron chi connectivity index (χ2n) is 5.41. The van der Waals surface area contributed by atoms with Crippen LogP contribution in [-0.4, -0.2) is 38.6 Å². The van der Waals surface area contributed by atoms with Crippen LogP contribution in [0.3, 0.4) is 0 Å². The van der Waals surface area contributed by atoms with Crippen LogP contribution in [0.25, 0.3) is 0 Å². The Hall–Kier alpha value is -1.88. The number of hydrogen-bond acceptors (Lipinski definition) is 3. The number of anilines is 1. The van der Waals surface area contributed by atoms with E-state index in [9.17, 15) is 9.59 Å². The molecule has 0 saturated carbocycles. The molecule has 0 atom stereocenters. The third-order valence-electron chi connectivity index (χ3n) is 3.45. The summed E-state index contributed by atoms with van der Waals surface area (Å²) in [6.07, 6.45) is 1.08. The summed E-state index contributed by atoms with van der Waals surface area (Å²) in [7, 11) is 1.64. The molecular weight excluding hydrogens is 280 g/mol. The molecule has 0 fully saturated rings. The molecule has 5 nitrogen and oxygen atoms in total.